The number of anilines is 1. The molecule has 5 rings (SSSR count). The summed E-state index contributed by atoms with van der Waals surface area (Å²) < 4.78 is 43.9. The molecule has 164 valence electrons. The highest BCUT2D eigenvalue weighted by Gasteiger charge is 2.41. The van der Waals surface area contributed by atoms with E-state index in [1.807, 2.05) is 0 Å². The highest BCUT2D eigenvalue weighted by atomic mass is 32.1. The van der Waals surface area contributed by atoms with Crippen LogP contribution < -0.4 is 10.6 Å². The summed E-state index contributed by atoms with van der Waals surface area (Å²) in [7, 11) is 0. The Hall–Kier alpha value is -4.21. The van der Waals surface area contributed by atoms with Crippen molar-refractivity contribution < 1.29 is 22.8 Å². The number of amides is 1. The minimum Gasteiger partial charge on any atom is -0.352 e. The highest BCUT2D eigenvalue weighted by molar-refractivity contribution is 7.16. The first-order chi connectivity index (χ1) is 15.9. The van der Waals surface area contributed by atoms with Crippen LogP contribution in [-0.4, -0.2) is 26.6 Å². The number of fused-ring (bicyclic) bond motifs is 2. The maximum atomic E-state index is 14.1. The van der Waals surface area contributed by atoms with Gasteiger partial charge in [0.05, 0.1) is 33.2 Å². The number of nitrogens with zero attached hydrogens (tertiary/aromatic N) is 3. The summed E-state index contributed by atoms with van der Waals surface area (Å²) in [5.41, 5.74) is 1.57. The fourth-order valence-electron chi connectivity index (χ4n) is 3.61. The quantitative estimate of drug-likeness (QED) is 0.433. The first-order valence-corrected chi connectivity index (χ1v) is 10.4. The number of hydrogen-bond donors (Lipinski definition) is 2. The molecule has 2 aromatic carbocycles. The summed E-state index contributed by atoms with van der Waals surface area (Å²) >= 11 is 1.41. The van der Waals surface area contributed by atoms with Gasteiger partial charge in [-0.15, -0.1) is 11.3 Å². The first-order valence-electron chi connectivity index (χ1n) is 9.48. The van der Waals surface area contributed by atoms with Crippen LogP contribution in [0.3, 0.4) is 0 Å². The largest absolute Gasteiger partial charge is 0.434 e. The Morgan fingerprint density at radius 3 is 2.85 bits per heavy atom. The summed E-state index contributed by atoms with van der Waals surface area (Å²) in [4.78, 5) is 28.2. The number of rotatable bonds is 3. The molecule has 7 nitrogen and oxygen atoms in total. The van der Waals surface area contributed by atoms with E-state index >= 15 is 0 Å². The number of nitrogens with one attached hydrogen (secondary N) is 2. The molecule has 0 aliphatic carbocycles. The van der Waals surface area contributed by atoms with Gasteiger partial charge in [0.2, 0.25) is 0 Å². The van der Waals surface area contributed by atoms with Crippen molar-refractivity contribution in [3.05, 3.63) is 76.7 Å². The van der Waals surface area contributed by atoms with Crippen molar-refractivity contribution in [3.63, 3.8) is 0 Å². The summed E-state index contributed by atoms with van der Waals surface area (Å²) in [5, 5.41) is 9.07. The lowest BCUT2D eigenvalue weighted by molar-refractivity contribution is -0.143. The predicted molar refractivity (Wildman–Crippen MR) is 117 cm³/mol. The zero-order valence-electron chi connectivity index (χ0n) is 16.5. The second kappa shape index (κ2) is 7.73. The van der Waals surface area contributed by atoms with Crippen molar-refractivity contribution in [3.8, 4) is 5.69 Å². The van der Waals surface area contributed by atoms with Crippen LogP contribution in [0.4, 0.5) is 18.9 Å². The van der Waals surface area contributed by atoms with Gasteiger partial charge in [0.25, 0.3) is 5.91 Å². The second-order valence-corrected chi connectivity index (χ2v) is 7.88. The Morgan fingerprint density at radius 1 is 1.21 bits per heavy atom. The van der Waals surface area contributed by atoms with Gasteiger partial charge in [0.15, 0.2) is 11.6 Å². The number of benzene rings is 2. The van der Waals surface area contributed by atoms with Crippen molar-refractivity contribution in [1.29, 1.82) is 0 Å². The van der Waals surface area contributed by atoms with Gasteiger partial charge < -0.3 is 10.6 Å². The van der Waals surface area contributed by atoms with E-state index in [1.165, 1.54) is 35.7 Å². The van der Waals surface area contributed by atoms with Gasteiger partial charge in [0.1, 0.15) is 5.70 Å². The van der Waals surface area contributed by atoms with Crippen LogP contribution in [0.15, 0.2) is 54.3 Å². The molecule has 0 atom stereocenters. The number of aromatic nitrogens is 3. The van der Waals surface area contributed by atoms with Gasteiger partial charge in [-0.25, -0.2) is 14.5 Å². The average Bonchev–Trinajstić information content (AvgIpc) is 3.45. The SMILES string of the molecule is O=C=C1NC=Cc2c1cccc2-n1ncc(C(=O)Nc2ccc3scnc3c2)c1C(F)(F)F. The van der Waals surface area contributed by atoms with Gasteiger partial charge >= 0.3 is 6.18 Å². The standard InChI is InChI=1S/C22H12F3N5O2S/c23-22(24,25)20-15(21(32)29-12-4-5-19-16(8-12)27-11-33-19)9-28-30(20)18-3-1-2-13-14(18)6-7-26-17(13)10-31/h1-9,11,26H,(H,29,32). The van der Waals surface area contributed by atoms with Crippen LogP contribution in [0, 0.1) is 0 Å². The third-order valence-electron chi connectivity index (χ3n) is 5.03. The smallest absolute Gasteiger partial charge is 0.352 e. The Kier molecular flexibility index (Phi) is 4.85. The Balaban J connectivity index is 1.59. The van der Waals surface area contributed by atoms with Gasteiger partial charge in [0, 0.05) is 23.0 Å². The van der Waals surface area contributed by atoms with Crippen LogP contribution >= 0.6 is 11.3 Å². The number of thiazole rings is 1. The Morgan fingerprint density at radius 2 is 2.06 bits per heavy atom. The normalized spacial score (nSPS) is 12.9. The molecule has 0 saturated carbocycles. The van der Waals surface area contributed by atoms with Crippen molar-refractivity contribution >= 4 is 50.9 Å². The van der Waals surface area contributed by atoms with Crippen LogP contribution in [0.2, 0.25) is 0 Å². The molecule has 0 spiro atoms. The topological polar surface area (TPSA) is 88.9 Å². The Labute approximate surface area is 187 Å². The van der Waals surface area contributed by atoms with E-state index in [-0.39, 0.29) is 11.4 Å². The molecule has 0 fully saturated rings. The van der Waals surface area contributed by atoms with Crippen molar-refractivity contribution in [2.45, 2.75) is 6.18 Å². The molecule has 0 saturated heterocycles. The number of hydrogen-bond acceptors (Lipinski definition) is 6. The third kappa shape index (κ3) is 3.59. The molecule has 1 amide bonds. The number of halogens is 3. The van der Waals surface area contributed by atoms with E-state index in [2.05, 4.69) is 20.7 Å². The maximum Gasteiger partial charge on any atom is 0.434 e. The molecule has 0 radical (unpaired) electrons. The molecule has 11 heteroatoms. The molecule has 33 heavy (non-hydrogen) atoms. The number of carbonyl (C=O) groups is 1. The van der Waals surface area contributed by atoms with Crippen LogP contribution in [0.5, 0.6) is 0 Å². The monoisotopic (exact) mass is 467 g/mol. The van der Waals surface area contributed by atoms with Crippen LogP contribution in [0.1, 0.15) is 27.2 Å². The first kappa shape index (κ1) is 20.7. The third-order valence-corrected chi connectivity index (χ3v) is 5.84. The average molecular weight is 467 g/mol. The fraction of sp³-hybridized carbons (Fsp3) is 0.0455. The lowest BCUT2D eigenvalue weighted by Crippen LogP contribution is -2.21. The molecule has 0 unspecified atom stereocenters. The minimum absolute atomic E-state index is 0.0632. The molecule has 2 aromatic heterocycles. The number of carbonyl (C=O) groups excluding carboxylic acids is 2. The fourth-order valence-corrected chi connectivity index (χ4v) is 4.26. The van der Waals surface area contributed by atoms with E-state index in [0.717, 1.165) is 10.9 Å². The van der Waals surface area contributed by atoms with E-state index in [0.29, 0.717) is 27.0 Å². The molecule has 2 N–H and O–H groups in total. The number of alkyl halides is 3. The van der Waals surface area contributed by atoms with Crippen LogP contribution in [0.25, 0.3) is 27.7 Å². The predicted octanol–water partition coefficient (Wildman–Crippen LogP) is 4.50. The summed E-state index contributed by atoms with van der Waals surface area (Å²) in [6.45, 7) is 0. The summed E-state index contributed by atoms with van der Waals surface area (Å²) in [5.74, 6) is 0.769. The van der Waals surface area contributed by atoms with Crippen molar-refractivity contribution in [2.75, 3.05) is 5.32 Å². The van der Waals surface area contributed by atoms with E-state index < -0.39 is 23.3 Å². The molecule has 1 aliphatic heterocycles. The lowest BCUT2D eigenvalue weighted by atomic mass is 10.0. The molecule has 3 heterocycles. The summed E-state index contributed by atoms with van der Waals surface area (Å²) in [6.07, 6.45) is -1.06. The highest BCUT2D eigenvalue weighted by Crippen LogP contribution is 2.36. The zero-order valence-corrected chi connectivity index (χ0v) is 17.3. The van der Waals surface area contributed by atoms with Crippen molar-refractivity contribution in [2.24, 2.45) is 0 Å². The van der Waals surface area contributed by atoms with Gasteiger partial charge in [-0.3, -0.25) is 4.79 Å². The molecular weight excluding hydrogens is 455 g/mol. The van der Waals surface area contributed by atoms with E-state index in [1.54, 1.807) is 35.7 Å². The zero-order chi connectivity index (χ0) is 23.2. The molecule has 0 bridgehead atoms. The molecule has 4 aromatic rings. The van der Waals surface area contributed by atoms with E-state index in [9.17, 15) is 22.8 Å². The molecular formula is C22H12F3N5O2S. The summed E-state index contributed by atoms with van der Waals surface area (Å²) in [6, 6.07) is 9.41. The van der Waals surface area contributed by atoms with Gasteiger partial charge in [-0.05, 0) is 30.3 Å². The second-order valence-electron chi connectivity index (χ2n) is 7.00. The van der Waals surface area contributed by atoms with Crippen molar-refractivity contribution in [1.82, 2.24) is 20.1 Å². The van der Waals surface area contributed by atoms with Gasteiger partial charge in [-0.1, -0.05) is 12.1 Å². The lowest BCUT2D eigenvalue weighted by Gasteiger charge is -2.19. The van der Waals surface area contributed by atoms with Gasteiger partial charge in [-0.2, -0.15) is 18.3 Å². The maximum absolute atomic E-state index is 14.1. The van der Waals surface area contributed by atoms with E-state index in [4.69, 9.17) is 0 Å². The Bertz CT molecular complexity index is 1500. The molecule has 1 aliphatic rings. The van der Waals surface area contributed by atoms with Crippen LogP contribution in [-0.2, 0) is 11.0 Å². The minimum atomic E-state index is -4.88.